The molecule has 0 spiro atoms. The Labute approximate surface area is 193 Å². The van der Waals surface area contributed by atoms with Crippen LogP contribution in [0.15, 0.2) is 71.5 Å². The van der Waals surface area contributed by atoms with Gasteiger partial charge in [0.25, 0.3) is 5.91 Å². The van der Waals surface area contributed by atoms with Crippen LogP contribution in [0.2, 0.25) is 0 Å². The Bertz CT molecular complexity index is 1210. The molecule has 9 heteroatoms. The molecule has 4 aromatic rings. The molecule has 2 N–H and O–H groups in total. The highest BCUT2D eigenvalue weighted by atomic mass is 32.1. The van der Waals surface area contributed by atoms with Crippen LogP contribution in [0.1, 0.15) is 38.2 Å². The van der Waals surface area contributed by atoms with E-state index >= 15 is 0 Å². The van der Waals surface area contributed by atoms with Crippen molar-refractivity contribution in [3.63, 3.8) is 0 Å². The summed E-state index contributed by atoms with van der Waals surface area (Å²) in [5, 5.41) is 7.02. The van der Waals surface area contributed by atoms with Crippen molar-refractivity contribution >= 4 is 28.1 Å². The van der Waals surface area contributed by atoms with Crippen molar-refractivity contribution in [1.29, 1.82) is 0 Å². The number of nitrogens with zero attached hydrogens (tertiary/aromatic N) is 1. The number of amides is 1. The van der Waals surface area contributed by atoms with Crippen molar-refractivity contribution in [3.8, 4) is 5.75 Å². The van der Waals surface area contributed by atoms with E-state index in [2.05, 4.69) is 20.4 Å². The molecule has 33 heavy (non-hydrogen) atoms. The number of nitrogens with one attached hydrogen (secondary N) is 2. The topological polar surface area (TPSA) is 76.4 Å². The summed E-state index contributed by atoms with van der Waals surface area (Å²) in [4.78, 5) is 18.1. The third-order valence-electron chi connectivity index (χ3n) is 5.09. The van der Waals surface area contributed by atoms with Gasteiger partial charge in [-0.2, -0.15) is 8.78 Å². The van der Waals surface area contributed by atoms with Crippen molar-refractivity contribution in [3.05, 3.63) is 94.4 Å². The minimum atomic E-state index is -2.90. The molecule has 0 aliphatic heterocycles. The highest BCUT2D eigenvalue weighted by Crippen LogP contribution is 2.41. The zero-order chi connectivity index (χ0) is 23.4. The van der Waals surface area contributed by atoms with E-state index in [-0.39, 0.29) is 17.4 Å². The molecular weight excluding hydrogens is 448 g/mol. The van der Waals surface area contributed by atoms with Gasteiger partial charge in [0.15, 0.2) is 5.76 Å². The highest BCUT2D eigenvalue weighted by molar-refractivity contribution is 7.16. The van der Waals surface area contributed by atoms with Gasteiger partial charge < -0.3 is 19.8 Å². The number of alkyl halides is 2. The Morgan fingerprint density at radius 1 is 1.09 bits per heavy atom. The Morgan fingerprint density at radius 3 is 2.52 bits per heavy atom. The summed E-state index contributed by atoms with van der Waals surface area (Å²) in [6.07, 6.45) is 3.11. The Balaban J connectivity index is 1.74. The first-order valence-corrected chi connectivity index (χ1v) is 10.9. The maximum atomic E-state index is 12.7. The first-order chi connectivity index (χ1) is 15.9. The van der Waals surface area contributed by atoms with Gasteiger partial charge in [-0.05, 0) is 61.4 Å². The van der Waals surface area contributed by atoms with Gasteiger partial charge in [0.1, 0.15) is 16.6 Å². The van der Waals surface area contributed by atoms with Gasteiger partial charge in [0.2, 0.25) is 0 Å². The predicted octanol–water partition coefficient (Wildman–Crippen LogP) is 6.41. The molecular formula is C24H21F2N3O3S. The lowest BCUT2D eigenvalue weighted by atomic mass is 9.96. The van der Waals surface area contributed by atoms with Crippen molar-refractivity contribution in [2.75, 3.05) is 10.6 Å². The number of halogens is 2. The van der Waals surface area contributed by atoms with Gasteiger partial charge >= 0.3 is 6.61 Å². The molecule has 1 aromatic carbocycles. The number of hydrogen-bond donors (Lipinski definition) is 2. The summed E-state index contributed by atoms with van der Waals surface area (Å²) >= 11 is 1.45. The van der Waals surface area contributed by atoms with Crippen molar-refractivity contribution < 1.29 is 22.7 Å². The summed E-state index contributed by atoms with van der Waals surface area (Å²) in [6.45, 7) is 1.05. The number of rotatable bonds is 8. The molecule has 0 saturated heterocycles. The van der Waals surface area contributed by atoms with Gasteiger partial charge in [0.05, 0.1) is 12.3 Å². The largest absolute Gasteiger partial charge is 0.459 e. The van der Waals surface area contributed by atoms with E-state index in [9.17, 15) is 13.6 Å². The first-order valence-electron chi connectivity index (χ1n) is 10.1. The minimum absolute atomic E-state index is 0.0647. The second-order valence-electron chi connectivity index (χ2n) is 7.20. The van der Waals surface area contributed by atoms with Crippen LogP contribution in [0.4, 0.5) is 19.6 Å². The number of benzene rings is 1. The highest BCUT2D eigenvalue weighted by Gasteiger charge is 2.26. The van der Waals surface area contributed by atoms with E-state index in [1.165, 1.54) is 29.7 Å². The van der Waals surface area contributed by atoms with Gasteiger partial charge in [-0.3, -0.25) is 4.79 Å². The molecule has 0 radical (unpaired) electrons. The Kier molecular flexibility index (Phi) is 6.69. The summed E-state index contributed by atoms with van der Waals surface area (Å²) in [5.41, 5.74) is 2.64. The van der Waals surface area contributed by atoms with Crippen LogP contribution in [0.3, 0.4) is 0 Å². The monoisotopic (exact) mass is 469 g/mol. The molecule has 0 saturated carbocycles. The van der Waals surface area contributed by atoms with Crippen LogP contribution in [-0.4, -0.2) is 17.5 Å². The molecule has 3 aromatic heterocycles. The summed E-state index contributed by atoms with van der Waals surface area (Å²) in [7, 11) is 0. The van der Waals surface area contributed by atoms with Crippen LogP contribution in [0.5, 0.6) is 5.75 Å². The van der Waals surface area contributed by atoms with E-state index in [0.29, 0.717) is 10.8 Å². The number of pyridine rings is 1. The first kappa shape index (κ1) is 22.5. The molecule has 0 aliphatic rings. The van der Waals surface area contributed by atoms with Gasteiger partial charge in [-0.25, -0.2) is 4.98 Å². The summed E-state index contributed by atoms with van der Waals surface area (Å²) in [5.74, 6) is 0.532. The van der Waals surface area contributed by atoms with Crippen LogP contribution < -0.4 is 15.4 Å². The lowest BCUT2D eigenvalue weighted by Crippen LogP contribution is -2.17. The average Bonchev–Trinajstić information content (AvgIpc) is 3.42. The molecule has 0 fully saturated rings. The number of hydrogen-bond acceptors (Lipinski definition) is 6. The summed E-state index contributed by atoms with van der Waals surface area (Å²) < 4.78 is 34.9. The van der Waals surface area contributed by atoms with Crippen LogP contribution in [0.25, 0.3) is 0 Å². The molecule has 170 valence electrons. The maximum Gasteiger partial charge on any atom is 0.387 e. The normalized spacial score (nSPS) is 11.9. The summed E-state index contributed by atoms with van der Waals surface area (Å²) in [6, 6.07) is 14.7. The standard InChI is InChI=1S/C24H21F2N3O3S/c1-14-15(2)33-23(29-22(30)18-6-5-13-31-18)20(14)21(28-19-7-3-4-12-27-19)16-8-10-17(11-9-16)32-24(25)26/h3-13,21,24H,1-2H3,(H,27,28)(H,29,30)/t21-/m1/s1. The van der Waals surface area contributed by atoms with Gasteiger partial charge in [0, 0.05) is 16.6 Å². The molecule has 3 heterocycles. The number of aryl methyl sites for hydroxylation is 1. The third-order valence-corrected chi connectivity index (χ3v) is 6.23. The SMILES string of the molecule is Cc1sc(NC(=O)c2ccco2)c([C@H](Nc2ccccn2)c2ccc(OC(F)F)cc2)c1C. The number of carbonyl (C=O) groups is 1. The van der Waals surface area contributed by atoms with E-state index in [0.717, 1.165) is 21.6 Å². The minimum Gasteiger partial charge on any atom is -0.459 e. The fourth-order valence-electron chi connectivity index (χ4n) is 3.42. The number of aromatic nitrogens is 1. The number of thiophene rings is 1. The lowest BCUT2D eigenvalue weighted by Gasteiger charge is -2.22. The van der Waals surface area contributed by atoms with E-state index in [1.807, 2.05) is 32.0 Å². The van der Waals surface area contributed by atoms with E-state index in [4.69, 9.17) is 4.42 Å². The second kappa shape index (κ2) is 9.83. The zero-order valence-electron chi connectivity index (χ0n) is 17.8. The van der Waals surface area contributed by atoms with E-state index in [1.54, 1.807) is 30.5 Å². The van der Waals surface area contributed by atoms with Crippen molar-refractivity contribution in [2.45, 2.75) is 26.5 Å². The Hall–Kier alpha value is -3.72. The fraction of sp³-hybridized carbons (Fsp3) is 0.167. The fourth-order valence-corrected chi connectivity index (χ4v) is 4.51. The number of anilines is 2. The smallest absolute Gasteiger partial charge is 0.387 e. The number of ether oxygens (including phenoxy) is 1. The number of carbonyl (C=O) groups excluding carboxylic acids is 1. The quantitative estimate of drug-likeness (QED) is 0.312. The van der Waals surface area contributed by atoms with Crippen LogP contribution >= 0.6 is 11.3 Å². The maximum absolute atomic E-state index is 12.7. The molecule has 6 nitrogen and oxygen atoms in total. The predicted molar refractivity (Wildman–Crippen MR) is 123 cm³/mol. The lowest BCUT2D eigenvalue weighted by molar-refractivity contribution is -0.0498. The molecule has 0 aliphatic carbocycles. The molecule has 1 atom stereocenters. The third kappa shape index (κ3) is 5.20. The van der Waals surface area contributed by atoms with Crippen LogP contribution in [-0.2, 0) is 0 Å². The average molecular weight is 470 g/mol. The van der Waals surface area contributed by atoms with Gasteiger partial charge in [-0.1, -0.05) is 18.2 Å². The van der Waals surface area contributed by atoms with Crippen molar-refractivity contribution in [2.24, 2.45) is 0 Å². The molecule has 4 rings (SSSR count). The van der Waals surface area contributed by atoms with E-state index < -0.39 is 12.7 Å². The molecule has 0 bridgehead atoms. The van der Waals surface area contributed by atoms with Gasteiger partial charge in [-0.15, -0.1) is 11.3 Å². The Morgan fingerprint density at radius 2 is 1.88 bits per heavy atom. The second-order valence-corrected chi connectivity index (χ2v) is 8.42. The molecule has 0 unspecified atom stereocenters. The van der Waals surface area contributed by atoms with Crippen LogP contribution in [0, 0.1) is 13.8 Å². The van der Waals surface area contributed by atoms with Crippen molar-refractivity contribution in [1.82, 2.24) is 4.98 Å². The molecule has 1 amide bonds. The number of furan rings is 1. The zero-order valence-corrected chi connectivity index (χ0v) is 18.7.